The summed E-state index contributed by atoms with van der Waals surface area (Å²) in [6.45, 7) is 4.62. The van der Waals surface area contributed by atoms with Gasteiger partial charge in [-0.3, -0.25) is 0 Å². The minimum Gasteiger partial charge on any atom is -0.399 e. The lowest BCUT2D eigenvalue weighted by atomic mass is 9.73. The van der Waals surface area contributed by atoms with Crippen molar-refractivity contribution in [1.82, 2.24) is 0 Å². The fraction of sp³-hybridized carbons (Fsp3) is 0.294. The number of hydrogen-bond donors (Lipinski definition) is 2. The second-order valence-corrected chi connectivity index (χ2v) is 6.07. The molecule has 1 unspecified atom stereocenters. The van der Waals surface area contributed by atoms with Gasteiger partial charge in [-0.2, -0.15) is 0 Å². The summed E-state index contributed by atoms with van der Waals surface area (Å²) >= 11 is 0. The molecule has 0 amide bonds. The number of nitrogens with one attached hydrogen (secondary N) is 1. The molecule has 0 aromatic heterocycles. The van der Waals surface area contributed by atoms with Crippen LogP contribution in [0.1, 0.15) is 31.0 Å². The molecule has 1 aliphatic heterocycles. The van der Waals surface area contributed by atoms with Crippen LogP contribution in [0.25, 0.3) is 0 Å². The van der Waals surface area contributed by atoms with E-state index in [-0.39, 0.29) is 5.41 Å². The third-order valence-corrected chi connectivity index (χ3v) is 3.99. The van der Waals surface area contributed by atoms with Crippen LogP contribution < -0.4 is 11.1 Å². The minimum absolute atomic E-state index is 0.169. The maximum atomic E-state index is 5.92. The van der Waals surface area contributed by atoms with Crippen molar-refractivity contribution >= 4 is 11.4 Å². The minimum atomic E-state index is 0.169. The van der Waals surface area contributed by atoms with Crippen molar-refractivity contribution in [2.24, 2.45) is 5.41 Å². The van der Waals surface area contributed by atoms with E-state index in [1.54, 1.807) is 0 Å². The zero-order chi connectivity index (χ0) is 13.5. The van der Waals surface area contributed by atoms with E-state index in [9.17, 15) is 0 Å². The predicted octanol–water partition coefficient (Wildman–Crippen LogP) is 4.00. The lowest BCUT2D eigenvalue weighted by molar-refractivity contribution is 0.295. The third-order valence-electron chi connectivity index (χ3n) is 3.99. The molecule has 1 atom stereocenters. The molecular weight excluding hydrogens is 232 g/mol. The molecule has 2 aromatic carbocycles. The Morgan fingerprint density at radius 1 is 1.11 bits per heavy atom. The Kier molecular flexibility index (Phi) is 2.74. The van der Waals surface area contributed by atoms with Crippen LogP contribution in [0, 0.1) is 5.41 Å². The third kappa shape index (κ3) is 2.19. The molecular formula is C17H20N2. The first-order valence-corrected chi connectivity index (χ1v) is 6.76. The highest BCUT2D eigenvalue weighted by atomic mass is 15.0. The average Bonchev–Trinajstić information content (AvgIpc) is 2.37. The molecule has 0 bridgehead atoms. The average molecular weight is 252 g/mol. The van der Waals surface area contributed by atoms with Crippen molar-refractivity contribution in [3.8, 4) is 0 Å². The number of benzene rings is 2. The highest BCUT2D eigenvalue weighted by Crippen LogP contribution is 2.44. The van der Waals surface area contributed by atoms with E-state index in [0.29, 0.717) is 6.04 Å². The quantitative estimate of drug-likeness (QED) is 0.753. The predicted molar refractivity (Wildman–Crippen MR) is 81.1 cm³/mol. The Bertz CT molecular complexity index is 602. The monoisotopic (exact) mass is 252 g/mol. The molecule has 3 rings (SSSR count). The molecule has 98 valence electrons. The molecule has 0 fully saturated rings. The molecule has 3 N–H and O–H groups in total. The van der Waals surface area contributed by atoms with Crippen LogP contribution in [-0.2, 0) is 6.42 Å². The molecule has 0 saturated carbocycles. The molecule has 0 spiro atoms. The number of rotatable bonds is 1. The Morgan fingerprint density at radius 3 is 2.68 bits per heavy atom. The van der Waals surface area contributed by atoms with Crippen LogP contribution in [-0.4, -0.2) is 0 Å². The lowest BCUT2D eigenvalue weighted by Gasteiger charge is -2.41. The van der Waals surface area contributed by atoms with Gasteiger partial charge in [0.1, 0.15) is 0 Å². The molecule has 2 nitrogen and oxygen atoms in total. The van der Waals surface area contributed by atoms with Gasteiger partial charge >= 0.3 is 0 Å². The maximum Gasteiger partial charge on any atom is 0.0568 e. The van der Waals surface area contributed by atoms with Gasteiger partial charge in [0.15, 0.2) is 0 Å². The van der Waals surface area contributed by atoms with E-state index in [4.69, 9.17) is 5.73 Å². The first-order valence-electron chi connectivity index (χ1n) is 6.76. The van der Waals surface area contributed by atoms with Crippen LogP contribution in [0.5, 0.6) is 0 Å². The van der Waals surface area contributed by atoms with E-state index >= 15 is 0 Å². The van der Waals surface area contributed by atoms with Crippen molar-refractivity contribution in [1.29, 1.82) is 0 Å². The van der Waals surface area contributed by atoms with Gasteiger partial charge in [-0.15, -0.1) is 0 Å². The summed E-state index contributed by atoms with van der Waals surface area (Å²) in [4.78, 5) is 0. The van der Waals surface area contributed by atoms with Crippen LogP contribution in [0.4, 0.5) is 11.4 Å². The van der Waals surface area contributed by atoms with Gasteiger partial charge in [-0.05, 0) is 41.2 Å². The van der Waals surface area contributed by atoms with Gasteiger partial charge in [0.05, 0.1) is 6.04 Å². The van der Waals surface area contributed by atoms with Crippen molar-refractivity contribution in [3.05, 3.63) is 59.7 Å². The van der Waals surface area contributed by atoms with Gasteiger partial charge in [0.25, 0.3) is 0 Å². The molecule has 19 heavy (non-hydrogen) atoms. The largest absolute Gasteiger partial charge is 0.399 e. The van der Waals surface area contributed by atoms with Gasteiger partial charge in [0.2, 0.25) is 0 Å². The standard InChI is InChI=1S/C17H20N2/c1-17(2)11-13-6-3-4-9-15(13)19-16(17)12-7-5-8-14(18)10-12/h3-10,16,19H,11,18H2,1-2H3. The number of para-hydroxylation sites is 1. The number of nitrogens with two attached hydrogens (primary N) is 1. The molecule has 1 heterocycles. The summed E-state index contributed by atoms with van der Waals surface area (Å²) in [6.07, 6.45) is 1.08. The van der Waals surface area contributed by atoms with Crippen molar-refractivity contribution < 1.29 is 0 Å². The highest BCUT2D eigenvalue weighted by Gasteiger charge is 2.35. The molecule has 2 aromatic rings. The fourth-order valence-corrected chi connectivity index (χ4v) is 3.03. The van der Waals surface area contributed by atoms with Crippen molar-refractivity contribution in [3.63, 3.8) is 0 Å². The van der Waals surface area contributed by atoms with Crippen molar-refractivity contribution in [2.75, 3.05) is 11.1 Å². The van der Waals surface area contributed by atoms with Gasteiger partial charge in [-0.1, -0.05) is 44.2 Å². The summed E-state index contributed by atoms with van der Waals surface area (Å²) in [6, 6.07) is 17.1. The SMILES string of the molecule is CC1(C)Cc2ccccc2NC1c1cccc(N)c1. The van der Waals surface area contributed by atoms with Gasteiger partial charge < -0.3 is 11.1 Å². The fourth-order valence-electron chi connectivity index (χ4n) is 3.03. The van der Waals surface area contributed by atoms with E-state index in [1.807, 2.05) is 12.1 Å². The molecule has 1 aliphatic rings. The lowest BCUT2D eigenvalue weighted by Crippen LogP contribution is -2.34. The maximum absolute atomic E-state index is 5.92. The Labute approximate surface area is 114 Å². The molecule has 0 aliphatic carbocycles. The van der Waals surface area contributed by atoms with Crippen molar-refractivity contribution in [2.45, 2.75) is 26.3 Å². The summed E-state index contributed by atoms with van der Waals surface area (Å²) < 4.78 is 0. The smallest absolute Gasteiger partial charge is 0.0568 e. The molecule has 0 radical (unpaired) electrons. The molecule has 0 saturated heterocycles. The Balaban J connectivity index is 2.03. The van der Waals surface area contributed by atoms with Crippen LogP contribution in [0.3, 0.4) is 0 Å². The molecule has 2 heteroatoms. The van der Waals surface area contributed by atoms with E-state index < -0.39 is 0 Å². The zero-order valence-electron chi connectivity index (χ0n) is 11.5. The summed E-state index contributed by atoms with van der Waals surface area (Å²) in [5.74, 6) is 0. The highest BCUT2D eigenvalue weighted by molar-refractivity contribution is 5.57. The second-order valence-electron chi connectivity index (χ2n) is 6.07. The number of hydrogen-bond acceptors (Lipinski definition) is 2. The van der Waals surface area contributed by atoms with E-state index in [0.717, 1.165) is 12.1 Å². The summed E-state index contributed by atoms with van der Waals surface area (Å²) in [5.41, 5.74) is 10.8. The van der Waals surface area contributed by atoms with Crippen LogP contribution in [0.2, 0.25) is 0 Å². The van der Waals surface area contributed by atoms with Gasteiger partial charge in [-0.25, -0.2) is 0 Å². The number of fused-ring (bicyclic) bond motifs is 1. The first-order chi connectivity index (χ1) is 9.06. The Morgan fingerprint density at radius 2 is 1.89 bits per heavy atom. The normalized spacial score (nSPS) is 20.4. The number of anilines is 2. The van der Waals surface area contributed by atoms with Crippen LogP contribution >= 0.6 is 0 Å². The second kappa shape index (κ2) is 4.30. The van der Waals surface area contributed by atoms with Crippen LogP contribution in [0.15, 0.2) is 48.5 Å². The zero-order valence-corrected chi connectivity index (χ0v) is 11.5. The first kappa shape index (κ1) is 12.1. The van der Waals surface area contributed by atoms with Gasteiger partial charge in [0, 0.05) is 11.4 Å². The summed E-state index contributed by atoms with van der Waals surface area (Å²) in [5, 5.41) is 3.68. The topological polar surface area (TPSA) is 38.0 Å². The van der Waals surface area contributed by atoms with E-state index in [1.165, 1.54) is 16.8 Å². The summed E-state index contributed by atoms with van der Waals surface area (Å²) in [7, 11) is 0. The Hall–Kier alpha value is -1.96. The number of nitrogen functional groups attached to an aromatic ring is 1. The van der Waals surface area contributed by atoms with E-state index in [2.05, 4.69) is 55.6 Å².